The largest absolute Gasteiger partial charge is 0.298 e. The van der Waals surface area contributed by atoms with Gasteiger partial charge in [-0.3, -0.25) is 9.80 Å². The van der Waals surface area contributed by atoms with Crippen LogP contribution in [0.4, 0.5) is 0 Å². The summed E-state index contributed by atoms with van der Waals surface area (Å²) in [7, 11) is 0. The summed E-state index contributed by atoms with van der Waals surface area (Å²) in [5.41, 5.74) is 0.629. The van der Waals surface area contributed by atoms with Gasteiger partial charge in [0.15, 0.2) is 0 Å². The van der Waals surface area contributed by atoms with Gasteiger partial charge in [-0.25, -0.2) is 0 Å². The van der Waals surface area contributed by atoms with Gasteiger partial charge in [0.2, 0.25) is 0 Å². The van der Waals surface area contributed by atoms with Crippen LogP contribution in [0.2, 0.25) is 0 Å². The Balaban J connectivity index is 1.65. The summed E-state index contributed by atoms with van der Waals surface area (Å²) in [5.74, 6) is 0. The lowest BCUT2D eigenvalue weighted by Gasteiger charge is -2.55. The summed E-state index contributed by atoms with van der Waals surface area (Å²) in [6.07, 6.45) is 10.1. The lowest BCUT2D eigenvalue weighted by atomic mass is 9.72. The fourth-order valence-corrected chi connectivity index (χ4v) is 4.07. The molecule has 0 spiro atoms. The van der Waals surface area contributed by atoms with E-state index in [0.29, 0.717) is 5.54 Å². The van der Waals surface area contributed by atoms with Crippen molar-refractivity contribution in [2.24, 2.45) is 0 Å². The number of piperazine rings is 1. The Labute approximate surface area is 100.0 Å². The van der Waals surface area contributed by atoms with Gasteiger partial charge < -0.3 is 0 Å². The van der Waals surface area contributed by atoms with Crippen molar-refractivity contribution in [1.29, 1.82) is 0 Å². The first-order chi connectivity index (χ1) is 7.84. The summed E-state index contributed by atoms with van der Waals surface area (Å²) in [6.45, 7) is 7.81. The van der Waals surface area contributed by atoms with E-state index in [2.05, 4.69) is 16.7 Å². The molecule has 2 saturated heterocycles. The van der Waals surface area contributed by atoms with Gasteiger partial charge in [-0.15, -0.1) is 0 Å². The van der Waals surface area contributed by atoms with Gasteiger partial charge in [-0.2, -0.15) is 0 Å². The highest BCUT2D eigenvalue weighted by Crippen LogP contribution is 2.41. The van der Waals surface area contributed by atoms with Crippen LogP contribution in [0.5, 0.6) is 0 Å². The Morgan fingerprint density at radius 1 is 1.06 bits per heavy atom. The van der Waals surface area contributed by atoms with Gasteiger partial charge in [-0.1, -0.05) is 13.3 Å². The van der Waals surface area contributed by atoms with E-state index >= 15 is 0 Å². The zero-order valence-corrected chi connectivity index (χ0v) is 10.7. The first-order valence-corrected chi connectivity index (χ1v) is 7.33. The quantitative estimate of drug-likeness (QED) is 0.708. The topological polar surface area (TPSA) is 6.48 Å². The summed E-state index contributed by atoms with van der Waals surface area (Å²) in [4.78, 5) is 5.60. The first-order valence-electron chi connectivity index (χ1n) is 7.33. The Hall–Kier alpha value is -0.0800. The molecule has 3 rings (SSSR count). The molecule has 1 atom stereocenters. The van der Waals surface area contributed by atoms with Gasteiger partial charge in [0.25, 0.3) is 0 Å². The smallest absolute Gasteiger partial charge is 0.0223 e. The zero-order chi connectivity index (χ0) is 11.0. The molecule has 2 heterocycles. The van der Waals surface area contributed by atoms with Crippen molar-refractivity contribution in [3.8, 4) is 0 Å². The Morgan fingerprint density at radius 2 is 1.94 bits per heavy atom. The molecule has 0 bridgehead atoms. The molecule has 0 radical (unpaired) electrons. The molecule has 2 nitrogen and oxygen atoms in total. The van der Waals surface area contributed by atoms with Crippen molar-refractivity contribution in [2.75, 3.05) is 26.2 Å². The third-order valence-electron chi connectivity index (χ3n) is 5.45. The Kier molecular flexibility index (Phi) is 2.97. The number of fused-ring (bicyclic) bond motifs is 1. The Morgan fingerprint density at radius 3 is 2.62 bits per heavy atom. The molecule has 3 fully saturated rings. The van der Waals surface area contributed by atoms with Crippen LogP contribution in [0.1, 0.15) is 51.9 Å². The molecule has 3 aliphatic rings. The lowest BCUT2D eigenvalue weighted by molar-refractivity contribution is -0.0514. The monoisotopic (exact) mass is 222 g/mol. The average molecular weight is 222 g/mol. The summed E-state index contributed by atoms with van der Waals surface area (Å²) < 4.78 is 0. The van der Waals surface area contributed by atoms with Crippen LogP contribution in [0.3, 0.4) is 0 Å². The maximum Gasteiger partial charge on any atom is 0.0223 e. The van der Waals surface area contributed by atoms with Gasteiger partial charge in [0.1, 0.15) is 0 Å². The minimum atomic E-state index is 0.629. The SMILES string of the molecule is CCC1(N2CCN3CCCCC3C2)CCC1. The van der Waals surface area contributed by atoms with E-state index in [9.17, 15) is 0 Å². The van der Waals surface area contributed by atoms with E-state index in [0.717, 1.165) is 6.04 Å². The summed E-state index contributed by atoms with van der Waals surface area (Å²) >= 11 is 0. The van der Waals surface area contributed by atoms with Crippen molar-refractivity contribution in [1.82, 2.24) is 9.80 Å². The molecular formula is C14H26N2. The number of hydrogen-bond donors (Lipinski definition) is 0. The van der Waals surface area contributed by atoms with Crippen LogP contribution >= 0.6 is 0 Å². The molecule has 0 N–H and O–H groups in total. The van der Waals surface area contributed by atoms with Crippen LogP contribution in [-0.2, 0) is 0 Å². The lowest BCUT2D eigenvalue weighted by Crippen LogP contribution is -2.63. The normalized spacial score (nSPS) is 35.4. The van der Waals surface area contributed by atoms with Gasteiger partial charge in [-0.05, 0) is 45.1 Å². The molecule has 0 aromatic carbocycles. The summed E-state index contributed by atoms with van der Waals surface area (Å²) in [6, 6.07) is 0.895. The second-order valence-corrected chi connectivity index (χ2v) is 6.06. The molecule has 2 aliphatic heterocycles. The molecular weight excluding hydrogens is 196 g/mol. The summed E-state index contributed by atoms with van der Waals surface area (Å²) in [5, 5.41) is 0. The van der Waals surface area contributed by atoms with Crippen molar-refractivity contribution < 1.29 is 0 Å². The fourth-order valence-electron chi connectivity index (χ4n) is 4.07. The van der Waals surface area contributed by atoms with Crippen LogP contribution in [0.15, 0.2) is 0 Å². The molecule has 0 aromatic rings. The predicted octanol–water partition coefficient (Wildman–Crippen LogP) is 2.49. The second kappa shape index (κ2) is 4.30. The van der Waals surface area contributed by atoms with E-state index in [1.807, 2.05) is 0 Å². The Bertz CT molecular complexity index is 242. The highest BCUT2D eigenvalue weighted by Gasteiger charge is 2.43. The highest BCUT2D eigenvalue weighted by molar-refractivity contribution is 5.00. The van der Waals surface area contributed by atoms with Crippen LogP contribution in [0.25, 0.3) is 0 Å². The maximum absolute atomic E-state index is 2.85. The van der Waals surface area contributed by atoms with Crippen LogP contribution < -0.4 is 0 Å². The fraction of sp³-hybridized carbons (Fsp3) is 1.00. The number of hydrogen-bond acceptors (Lipinski definition) is 2. The molecule has 16 heavy (non-hydrogen) atoms. The van der Waals surface area contributed by atoms with Gasteiger partial charge >= 0.3 is 0 Å². The van der Waals surface area contributed by atoms with E-state index < -0.39 is 0 Å². The zero-order valence-electron chi connectivity index (χ0n) is 10.7. The number of piperidine rings is 1. The third-order valence-corrected chi connectivity index (χ3v) is 5.45. The van der Waals surface area contributed by atoms with Gasteiger partial charge in [0.05, 0.1) is 0 Å². The van der Waals surface area contributed by atoms with Crippen LogP contribution in [-0.4, -0.2) is 47.6 Å². The molecule has 1 aliphatic carbocycles. The third kappa shape index (κ3) is 1.70. The van der Waals surface area contributed by atoms with Crippen molar-refractivity contribution >= 4 is 0 Å². The van der Waals surface area contributed by atoms with E-state index in [1.165, 1.54) is 71.1 Å². The molecule has 2 heteroatoms. The number of nitrogens with zero attached hydrogens (tertiary/aromatic N) is 2. The van der Waals surface area contributed by atoms with Crippen LogP contribution in [0, 0.1) is 0 Å². The van der Waals surface area contributed by atoms with Crippen molar-refractivity contribution in [3.05, 3.63) is 0 Å². The minimum absolute atomic E-state index is 0.629. The molecule has 92 valence electrons. The molecule has 1 unspecified atom stereocenters. The molecule has 0 aromatic heterocycles. The van der Waals surface area contributed by atoms with Gasteiger partial charge in [0, 0.05) is 31.2 Å². The van der Waals surface area contributed by atoms with Crippen molar-refractivity contribution in [3.63, 3.8) is 0 Å². The highest BCUT2D eigenvalue weighted by atomic mass is 15.3. The molecule has 1 saturated carbocycles. The van der Waals surface area contributed by atoms with E-state index in [4.69, 9.17) is 0 Å². The standard InChI is InChI=1S/C14H26N2/c1-2-14(7-5-8-14)16-11-10-15-9-4-3-6-13(15)12-16/h13H,2-12H2,1H3. The average Bonchev–Trinajstić information content (AvgIpc) is 2.28. The van der Waals surface area contributed by atoms with Crippen molar-refractivity contribution in [2.45, 2.75) is 63.5 Å². The minimum Gasteiger partial charge on any atom is -0.298 e. The maximum atomic E-state index is 2.85. The first kappa shape index (κ1) is 11.0. The molecule has 0 amide bonds. The van der Waals surface area contributed by atoms with E-state index in [1.54, 1.807) is 0 Å². The van der Waals surface area contributed by atoms with E-state index in [-0.39, 0.29) is 0 Å². The second-order valence-electron chi connectivity index (χ2n) is 6.06. The number of rotatable bonds is 2. The predicted molar refractivity (Wildman–Crippen MR) is 67.7 cm³/mol.